The predicted octanol–water partition coefficient (Wildman–Crippen LogP) is 4.86. The first kappa shape index (κ1) is 23.4. The van der Waals surface area contributed by atoms with Crippen LogP contribution in [0.15, 0.2) is 88.9 Å². The van der Waals surface area contributed by atoms with E-state index < -0.39 is 5.97 Å². The minimum absolute atomic E-state index is 0.273. The molecule has 0 aliphatic heterocycles. The number of para-hydroxylation sites is 2. The van der Waals surface area contributed by atoms with E-state index in [0.29, 0.717) is 38.9 Å². The van der Waals surface area contributed by atoms with E-state index >= 15 is 0 Å². The van der Waals surface area contributed by atoms with Gasteiger partial charge < -0.3 is 14.5 Å². The second kappa shape index (κ2) is 10.1. The fraction of sp³-hybridized carbons (Fsp3) is 0.111. The van der Waals surface area contributed by atoms with Gasteiger partial charge in [-0.05, 0) is 30.3 Å². The SMILES string of the molecule is COC(=O)c1ccc2c(=O)[nH]c(CSc3ncc(-c4ccccc4)n3-c3ccccc3OC)nc2c1. The molecule has 36 heavy (non-hydrogen) atoms. The number of aromatic nitrogens is 4. The molecular formula is C27H22N4O4S. The Hall–Kier alpha value is -4.37. The lowest BCUT2D eigenvalue weighted by Gasteiger charge is -2.15. The molecule has 0 spiro atoms. The molecule has 0 saturated heterocycles. The number of benzene rings is 3. The highest BCUT2D eigenvalue weighted by Crippen LogP contribution is 2.34. The monoisotopic (exact) mass is 498 g/mol. The molecule has 180 valence electrons. The van der Waals surface area contributed by atoms with Crippen molar-refractivity contribution < 1.29 is 14.3 Å². The molecule has 2 heterocycles. The zero-order chi connectivity index (χ0) is 25.1. The quantitative estimate of drug-likeness (QED) is 0.253. The average molecular weight is 499 g/mol. The van der Waals surface area contributed by atoms with Gasteiger partial charge in [0.05, 0.1) is 54.0 Å². The third-order valence-corrected chi connectivity index (χ3v) is 6.60. The van der Waals surface area contributed by atoms with Crippen LogP contribution in [0.2, 0.25) is 0 Å². The largest absolute Gasteiger partial charge is 0.495 e. The average Bonchev–Trinajstić information content (AvgIpc) is 3.35. The Labute approximate surface area is 210 Å². The van der Waals surface area contributed by atoms with Gasteiger partial charge in [0.15, 0.2) is 5.16 Å². The van der Waals surface area contributed by atoms with Crippen molar-refractivity contribution in [3.63, 3.8) is 0 Å². The third kappa shape index (κ3) is 4.48. The fourth-order valence-electron chi connectivity index (χ4n) is 3.93. The van der Waals surface area contributed by atoms with E-state index in [4.69, 9.17) is 9.47 Å². The Morgan fingerprint density at radius 3 is 2.58 bits per heavy atom. The molecule has 2 aromatic heterocycles. The molecule has 8 nitrogen and oxygen atoms in total. The van der Waals surface area contributed by atoms with Gasteiger partial charge in [0.1, 0.15) is 11.6 Å². The number of H-pyrrole nitrogens is 1. The second-order valence-electron chi connectivity index (χ2n) is 7.82. The lowest BCUT2D eigenvalue weighted by Crippen LogP contribution is -2.12. The number of thioether (sulfide) groups is 1. The zero-order valence-electron chi connectivity index (χ0n) is 19.6. The maximum absolute atomic E-state index is 12.7. The summed E-state index contributed by atoms with van der Waals surface area (Å²) in [4.78, 5) is 36.7. The topological polar surface area (TPSA) is 99.1 Å². The van der Waals surface area contributed by atoms with Crippen LogP contribution in [0.1, 0.15) is 16.2 Å². The van der Waals surface area contributed by atoms with Crippen LogP contribution in [0.25, 0.3) is 27.8 Å². The number of aromatic amines is 1. The van der Waals surface area contributed by atoms with Gasteiger partial charge in [-0.15, -0.1) is 0 Å². The highest BCUT2D eigenvalue weighted by Gasteiger charge is 2.18. The summed E-state index contributed by atoms with van der Waals surface area (Å²) in [6.07, 6.45) is 1.82. The number of nitrogens with one attached hydrogen (secondary N) is 1. The van der Waals surface area contributed by atoms with Gasteiger partial charge in [0, 0.05) is 5.56 Å². The van der Waals surface area contributed by atoms with E-state index in [0.717, 1.165) is 16.9 Å². The molecule has 0 atom stereocenters. The molecule has 5 rings (SSSR count). The van der Waals surface area contributed by atoms with E-state index in [1.165, 1.54) is 18.9 Å². The van der Waals surface area contributed by atoms with Crippen LogP contribution in [0, 0.1) is 0 Å². The summed E-state index contributed by atoms with van der Waals surface area (Å²) in [5, 5.41) is 1.11. The molecular weight excluding hydrogens is 476 g/mol. The minimum atomic E-state index is -0.484. The number of rotatable bonds is 7. The number of nitrogens with zero attached hydrogens (tertiary/aromatic N) is 3. The first-order valence-electron chi connectivity index (χ1n) is 11.1. The molecule has 0 unspecified atom stereocenters. The molecule has 0 fully saturated rings. The molecule has 0 radical (unpaired) electrons. The van der Waals surface area contributed by atoms with Gasteiger partial charge in [0.25, 0.3) is 5.56 Å². The van der Waals surface area contributed by atoms with Crippen LogP contribution in [-0.2, 0) is 10.5 Å². The standard InChI is InChI=1S/C27H22N4O4S/c1-34-23-11-7-6-10-21(23)31-22(17-8-4-3-5-9-17)15-28-27(31)36-16-24-29-20-14-18(26(33)35-2)12-13-19(20)25(32)30-24/h3-15H,16H2,1-2H3,(H,29,30,32). The molecule has 0 aliphatic rings. The lowest BCUT2D eigenvalue weighted by molar-refractivity contribution is 0.0601. The van der Waals surface area contributed by atoms with Crippen LogP contribution in [0.3, 0.4) is 0 Å². The summed E-state index contributed by atoms with van der Waals surface area (Å²) in [6.45, 7) is 0. The third-order valence-electron chi connectivity index (χ3n) is 5.64. The molecule has 5 aromatic rings. The van der Waals surface area contributed by atoms with Gasteiger partial charge in [-0.3, -0.25) is 9.36 Å². The van der Waals surface area contributed by atoms with Gasteiger partial charge in [-0.1, -0.05) is 54.2 Å². The van der Waals surface area contributed by atoms with E-state index in [2.05, 4.69) is 15.0 Å². The van der Waals surface area contributed by atoms with Crippen molar-refractivity contribution in [1.82, 2.24) is 19.5 Å². The number of imidazole rings is 1. The van der Waals surface area contributed by atoms with E-state index in [1.54, 1.807) is 25.3 Å². The first-order chi connectivity index (χ1) is 17.6. The number of esters is 1. The minimum Gasteiger partial charge on any atom is -0.495 e. The second-order valence-corrected chi connectivity index (χ2v) is 8.77. The Morgan fingerprint density at radius 1 is 1.03 bits per heavy atom. The number of hydrogen-bond acceptors (Lipinski definition) is 7. The highest BCUT2D eigenvalue weighted by atomic mass is 32.2. The molecule has 0 saturated carbocycles. The number of ether oxygens (including phenoxy) is 2. The highest BCUT2D eigenvalue weighted by molar-refractivity contribution is 7.98. The van der Waals surface area contributed by atoms with Gasteiger partial charge in [0.2, 0.25) is 0 Å². The number of hydrogen-bond donors (Lipinski definition) is 1. The summed E-state index contributed by atoms with van der Waals surface area (Å²) in [5.74, 6) is 1.05. The molecule has 3 aromatic carbocycles. The van der Waals surface area contributed by atoms with Crippen LogP contribution in [0.5, 0.6) is 5.75 Å². The molecule has 1 N–H and O–H groups in total. The van der Waals surface area contributed by atoms with Crippen LogP contribution >= 0.6 is 11.8 Å². The van der Waals surface area contributed by atoms with Crippen molar-refractivity contribution in [3.8, 4) is 22.7 Å². The van der Waals surface area contributed by atoms with Gasteiger partial charge in [-0.2, -0.15) is 0 Å². The van der Waals surface area contributed by atoms with Crippen LogP contribution in [0.4, 0.5) is 0 Å². The van der Waals surface area contributed by atoms with Crippen molar-refractivity contribution in [3.05, 3.63) is 101 Å². The first-order valence-corrected chi connectivity index (χ1v) is 12.1. The maximum Gasteiger partial charge on any atom is 0.337 e. The van der Waals surface area contributed by atoms with Gasteiger partial charge >= 0.3 is 5.97 Å². The summed E-state index contributed by atoms with van der Waals surface area (Å²) in [7, 11) is 2.95. The number of carbonyl (C=O) groups excluding carboxylic acids is 1. The van der Waals surface area contributed by atoms with E-state index in [1.807, 2.05) is 65.4 Å². The maximum atomic E-state index is 12.7. The molecule has 0 amide bonds. The normalized spacial score (nSPS) is 10.9. The Bertz CT molecular complexity index is 1610. The van der Waals surface area contributed by atoms with Gasteiger partial charge in [-0.25, -0.2) is 14.8 Å². The molecule has 9 heteroatoms. The van der Waals surface area contributed by atoms with Crippen LogP contribution < -0.4 is 10.3 Å². The zero-order valence-corrected chi connectivity index (χ0v) is 20.4. The van der Waals surface area contributed by atoms with E-state index in [9.17, 15) is 9.59 Å². The predicted molar refractivity (Wildman–Crippen MR) is 139 cm³/mol. The summed E-state index contributed by atoms with van der Waals surface area (Å²) < 4.78 is 12.4. The Morgan fingerprint density at radius 2 is 1.81 bits per heavy atom. The lowest BCUT2D eigenvalue weighted by atomic mass is 10.1. The smallest absolute Gasteiger partial charge is 0.337 e. The summed E-state index contributed by atoms with van der Waals surface area (Å²) in [5.41, 5.74) is 3.25. The number of methoxy groups -OCH3 is 2. The molecule has 0 aliphatic carbocycles. The van der Waals surface area contributed by atoms with Crippen molar-refractivity contribution in [2.75, 3.05) is 14.2 Å². The van der Waals surface area contributed by atoms with E-state index in [-0.39, 0.29) is 5.56 Å². The van der Waals surface area contributed by atoms with Crippen molar-refractivity contribution >= 4 is 28.6 Å². The Balaban J connectivity index is 1.54. The summed E-state index contributed by atoms with van der Waals surface area (Å²) in [6, 6.07) is 22.4. The molecule has 0 bridgehead atoms. The fourth-order valence-corrected chi connectivity index (χ4v) is 4.79. The number of fused-ring (bicyclic) bond motifs is 1. The van der Waals surface area contributed by atoms with Crippen LogP contribution in [-0.4, -0.2) is 39.7 Å². The Kier molecular flexibility index (Phi) is 6.55. The summed E-state index contributed by atoms with van der Waals surface area (Å²) >= 11 is 1.43. The van der Waals surface area contributed by atoms with Crippen molar-refractivity contribution in [2.45, 2.75) is 10.9 Å². The van der Waals surface area contributed by atoms with Crippen molar-refractivity contribution in [2.24, 2.45) is 0 Å². The number of carbonyl (C=O) groups is 1. The van der Waals surface area contributed by atoms with Crippen molar-refractivity contribution in [1.29, 1.82) is 0 Å².